The quantitative estimate of drug-likeness (QED) is 0.688. The Kier molecular flexibility index (Phi) is 2.07. The molecule has 4 atom stereocenters. The third-order valence-corrected chi connectivity index (χ3v) is 4.76. The van der Waals surface area contributed by atoms with Crippen molar-refractivity contribution in [2.45, 2.75) is 82.4 Å². The van der Waals surface area contributed by atoms with E-state index in [1.807, 2.05) is 0 Å². The lowest BCUT2D eigenvalue weighted by Gasteiger charge is -2.58. The summed E-state index contributed by atoms with van der Waals surface area (Å²) in [4.78, 5) is 2.53. The number of ether oxygens (including phenoxy) is 1. The zero-order valence-electron chi connectivity index (χ0n) is 10.7. The maximum Gasteiger partial charge on any atom is 0.113 e. The minimum atomic E-state index is -0.262. The molecule has 1 saturated carbocycles. The summed E-state index contributed by atoms with van der Waals surface area (Å²) in [5.41, 5.74) is 0.370. The van der Waals surface area contributed by atoms with Crippen molar-refractivity contribution >= 4 is 0 Å². The third kappa shape index (κ3) is 1.31. The van der Waals surface area contributed by atoms with Gasteiger partial charge < -0.3 is 9.84 Å². The van der Waals surface area contributed by atoms with E-state index >= 15 is 0 Å². The predicted octanol–water partition coefficient (Wildman–Crippen LogP) is 1.54. The molecule has 2 aliphatic heterocycles. The lowest BCUT2D eigenvalue weighted by molar-refractivity contribution is -0.116. The van der Waals surface area contributed by atoms with Gasteiger partial charge in [0, 0.05) is 11.1 Å². The van der Waals surface area contributed by atoms with Crippen molar-refractivity contribution in [3.63, 3.8) is 0 Å². The lowest BCUT2D eigenvalue weighted by atomic mass is 9.74. The topological polar surface area (TPSA) is 36.0 Å². The molecule has 3 heteroatoms. The summed E-state index contributed by atoms with van der Waals surface area (Å²) >= 11 is 0. The van der Waals surface area contributed by atoms with Crippen molar-refractivity contribution in [1.29, 1.82) is 0 Å². The van der Waals surface area contributed by atoms with Crippen LogP contribution in [0.25, 0.3) is 0 Å². The second kappa shape index (κ2) is 3.01. The van der Waals surface area contributed by atoms with Gasteiger partial charge in [-0.2, -0.15) is 0 Å². The molecule has 92 valence electrons. The van der Waals surface area contributed by atoms with Crippen LogP contribution in [0, 0.1) is 0 Å². The molecule has 0 bridgehead atoms. The molecular formula is C13H23NO2. The van der Waals surface area contributed by atoms with Crippen LogP contribution in [0.2, 0.25) is 0 Å². The van der Waals surface area contributed by atoms with Gasteiger partial charge in [0.05, 0.1) is 6.04 Å². The van der Waals surface area contributed by atoms with Crippen LogP contribution in [0.15, 0.2) is 0 Å². The second-order valence-corrected chi connectivity index (χ2v) is 6.89. The summed E-state index contributed by atoms with van der Waals surface area (Å²) in [6.07, 6.45) is 3.93. The highest BCUT2D eigenvalue weighted by Crippen LogP contribution is 2.51. The van der Waals surface area contributed by atoms with Gasteiger partial charge in [-0.25, -0.2) is 0 Å². The molecule has 3 rings (SSSR count). The number of piperidine rings is 1. The van der Waals surface area contributed by atoms with E-state index < -0.39 is 0 Å². The highest BCUT2D eigenvalue weighted by Gasteiger charge is 2.68. The molecule has 3 nitrogen and oxygen atoms in total. The monoisotopic (exact) mass is 225 g/mol. The number of fused-ring (bicyclic) bond motifs is 1. The van der Waals surface area contributed by atoms with Crippen LogP contribution in [0.3, 0.4) is 0 Å². The van der Waals surface area contributed by atoms with E-state index in [0.29, 0.717) is 6.10 Å². The Morgan fingerprint density at radius 2 is 1.62 bits per heavy atom. The van der Waals surface area contributed by atoms with Gasteiger partial charge in [-0.1, -0.05) is 0 Å². The number of nitrogens with zero attached hydrogens (tertiary/aromatic N) is 1. The van der Waals surface area contributed by atoms with Crippen molar-refractivity contribution < 1.29 is 9.84 Å². The minimum Gasteiger partial charge on any atom is -0.389 e. The molecule has 0 aromatic carbocycles. The number of rotatable bonds is 1. The SMILES string of the molecule is CC1(C)CCCC(C)(C)N1C1C(O)C2OC21. The van der Waals surface area contributed by atoms with Gasteiger partial charge in [0.1, 0.15) is 18.3 Å². The molecule has 1 aliphatic carbocycles. The molecule has 2 saturated heterocycles. The van der Waals surface area contributed by atoms with Crippen LogP contribution < -0.4 is 0 Å². The number of aliphatic hydroxyl groups excluding tert-OH is 1. The van der Waals surface area contributed by atoms with Gasteiger partial charge in [0.15, 0.2) is 0 Å². The fraction of sp³-hybridized carbons (Fsp3) is 1.00. The van der Waals surface area contributed by atoms with E-state index in [1.165, 1.54) is 19.3 Å². The first kappa shape index (κ1) is 11.0. The van der Waals surface area contributed by atoms with Crippen LogP contribution in [0.1, 0.15) is 47.0 Å². The predicted molar refractivity (Wildman–Crippen MR) is 62.3 cm³/mol. The first-order valence-electron chi connectivity index (χ1n) is 6.48. The molecular weight excluding hydrogens is 202 g/mol. The summed E-state index contributed by atoms with van der Waals surface area (Å²) < 4.78 is 5.50. The van der Waals surface area contributed by atoms with E-state index in [9.17, 15) is 5.11 Å². The van der Waals surface area contributed by atoms with Gasteiger partial charge in [0.2, 0.25) is 0 Å². The highest BCUT2D eigenvalue weighted by atomic mass is 16.6. The summed E-state index contributed by atoms with van der Waals surface area (Å²) in [6.45, 7) is 9.21. The van der Waals surface area contributed by atoms with Crippen LogP contribution in [-0.4, -0.2) is 45.4 Å². The number of aliphatic hydroxyl groups is 1. The van der Waals surface area contributed by atoms with Crippen LogP contribution in [0.4, 0.5) is 0 Å². The summed E-state index contributed by atoms with van der Waals surface area (Å²) in [5.74, 6) is 0. The number of likely N-dealkylation sites (tertiary alicyclic amines) is 1. The van der Waals surface area contributed by atoms with E-state index in [-0.39, 0.29) is 29.3 Å². The summed E-state index contributed by atoms with van der Waals surface area (Å²) in [5, 5.41) is 10.1. The fourth-order valence-corrected chi connectivity index (χ4v) is 4.05. The van der Waals surface area contributed by atoms with Crippen molar-refractivity contribution in [3.05, 3.63) is 0 Å². The van der Waals surface area contributed by atoms with Crippen LogP contribution in [-0.2, 0) is 4.74 Å². The van der Waals surface area contributed by atoms with Gasteiger partial charge >= 0.3 is 0 Å². The molecule has 0 aromatic heterocycles. The van der Waals surface area contributed by atoms with Gasteiger partial charge in [0.25, 0.3) is 0 Å². The molecule has 3 fully saturated rings. The van der Waals surface area contributed by atoms with E-state index in [2.05, 4.69) is 32.6 Å². The van der Waals surface area contributed by atoms with Crippen LogP contribution >= 0.6 is 0 Å². The Hall–Kier alpha value is -0.120. The molecule has 0 aromatic rings. The third-order valence-electron chi connectivity index (χ3n) is 4.76. The van der Waals surface area contributed by atoms with E-state index in [4.69, 9.17) is 4.74 Å². The average Bonchev–Trinajstić information content (AvgIpc) is 2.85. The Balaban J connectivity index is 1.89. The van der Waals surface area contributed by atoms with Crippen LogP contribution in [0.5, 0.6) is 0 Å². The average molecular weight is 225 g/mol. The first-order chi connectivity index (χ1) is 7.34. The number of hydrogen-bond donors (Lipinski definition) is 1. The fourth-order valence-electron chi connectivity index (χ4n) is 4.05. The molecule has 3 aliphatic rings. The standard InChI is InChI=1S/C13H23NO2/c1-12(2)6-5-7-13(3,4)14(12)8-9(15)11-10(8)16-11/h8-11,15H,5-7H2,1-4H3. The minimum absolute atomic E-state index is 0.151. The van der Waals surface area contributed by atoms with Crippen molar-refractivity contribution in [2.24, 2.45) is 0 Å². The molecule has 0 radical (unpaired) electrons. The Morgan fingerprint density at radius 3 is 2.06 bits per heavy atom. The zero-order chi connectivity index (χ0) is 11.7. The largest absolute Gasteiger partial charge is 0.389 e. The summed E-state index contributed by atoms with van der Waals surface area (Å²) in [6, 6.07) is 0.232. The first-order valence-corrected chi connectivity index (χ1v) is 6.48. The maximum absolute atomic E-state index is 10.1. The van der Waals surface area contributed by atoms with Gasteiger partial charge in [-0.05, 0) is 47.0 Å². The smallest absolute Gasteiger partial charge is 0.113 e. The summed E-state index contributed by atoms with van der Waals surface area (Å²) in [7, 11) is 0. The lowest BCUT2D eigenvalue weighted by Crippen LogP contribution is -2.70. The van der Waals surface area contributed by atoms with Crippen molar-refractivity contribution in [3.8, 4) is 0 Å². The van der Waals surface area contributed by atoms with Crippen molar-refractivity contribution in [2.75, 3.05) is 0 Å². The number of epoxide rings is 1. The van der Waals surface area contributed by atoms with Gasteiger partial charge in [-0.3, -0.25) is 4.90 Å². The molecule has 16 heavy (non-hydrogen) atoms. The molecule has 2 heterocycles. The Labute approximate surface area is 97.8 Å². The van der Waals surface area contributed by atoms with E-state index in [0.717, 1.165) is 0 Å². The number of hydrogen-bond acceptors (Lipinski definition) is 3. The normalized spacial score (nSPS) is 49.3. The maximum atomic E-state index is 10.1. The Morgan fingerprint density at radius 1 is 1.06 bits per heavy atom. The zero-order valence-corrected chi connectivity index (χ0v) is 10.7. The van der Waals surface area contributed by atoms with Gasteiger partial charge in [-0.15, -0.1) is 0 Å². The molecule has 0 spiro atoms. The molecule has 1 N–H and O–H groups in total. The molecule has 4 unspecified atom stereocenters. The van der Waals surface area contributed by atoms with E-state index in [1.54, 1.807) is 0 Å². The highest BCUT2D eigenvalue weighted by molar-refractivity contribution is 5.20. The molecule has 0 amide bonds. The second-order valence-electron chi connectivity index (χ2n) is 6.89. The Bertz CT molecular complexity index is 297. The van der Waals surface area contributed by atoms with Crippen molar-refractivity contribution in [1.82, 2.24) is 4.90 Å².